The van der Waals surface area contributed by atoms with E-state index in [0.717, 1.165) is 0 Å². The number of hydrogen-bond acceptors (Lipinski definition) is 5. The molecule has 0 heterocycles. The summed E-state index contributed by atoms with van der Waals surface area (Å²) in [4.78, 5) is 0. The lowest BCUT2D eigenvalue weighted by atomic mass is 10.4. The highest BCUT2D eigenvalue weighted by Crippen LogP contribution is 1.94. The predicted octanol–water partition coefficient (Wildman–Crippen LogP) is -0.371. The monoisotopic (exact) mass is 273 g/mol. The topological polar surface area (TPSA) is 95.8 Å². The van der Waals surface area contributed by atoms with Crippen LogP contribution in [0.15, 0.2) is 0 Å². The van der Waals surface area contributed by atoms with E-state index in [9.17, 15) is 22.0 Å². The third kappa shape index (κ3) is 4.77. The molecule has 0 unspecified atom stereocenters. The Labute approximate surface area is 97.3 Å². The first kappa shape index (κ1) is 15.8. The van der Waals surface area contributed by atoms with Crippen LogP contribution in [0.5, 0.6) is 0 Å². The van der Waals surface area contributed by atoms with Gasteiger partial charge in [-0.15, -0.1) is 0 Å². The lowest BCUT2D eigenvalue weighted by Gasteiger charge is -2.20. The molecule has 98 valence electrons. The molecule has 6 nitrogen and oxygen atoms in total. The SMILES string of the molecule is CCCCS(=O)(=O)[NH+]([O-])S(=O)(=O)CCCC. The van der Waals surface area contributed by atoms with Crippen molar-refractivity contribution < 1.29 is 20.7 Å². The third-order valence-electron chi connectivity index (χ3n) is 2.04. The third-order valence-corrected chi connectivity index (χ3v) is 6.23. The average Bonchev–Trinajstić information content (AvgIpc) is 2.22. The zero-order valence-electron chi connectivity index (χ0n) is 9.60. The minimum atomic E-state index is -4.14. The first-order valence-electron chi connectivity index (χ1n) is 5.27. The highest BCUT2D eigenvalue weighted by atomic mass is 32.3. The Morgan fingerprint density at radius 2 is 1.19 bits per heavy atom. The van der Waals surface area contributed by atoms with Gasteiger partial charge in [0.25, 0.3) is 0 Å². The molecule has 0 aromatic heterocycles. The second-order valence-corrected chi connectivity index (χ2v) is 7.87. The fourth-order valence-corrected chi connectivity index (χ4v) is 4.75. The predicted molar refractivity (Wildman–Crippen MR) is 61.7 cm³/mol. The number of unbranched alkanes of at least 4 members (excludes halogenated alkanes) is 2. The molecule has 0 saturated carbocycles. The van der Waals surface area contributed by atoms with Gasteiger partial charge in [0, 0.05) is 0 Å². The van der Waals surface area contributed by atoms with E-state index >= 15 is 0 Å². The van der Waals surface area contributed by atoms with E-state index in [1.807, 2.05) is 0 Å². The van der Waals surface area contributed by atoms with E-state index in [2.05, 4.69) is 0 Å². The average molecular weight is 273 g/mol. The summed E-state index contributed by atoms with van der Waals surface area (Å²) in [6.45, 7) is 3.54. The van der Waals surface area contributed by atoms with Gasteiger partial charge in [-0.3, -0.25) is 0 Å². The second kappa shape index (κ2) is 6.53. The summed E-state index contributed by atoms with van der Waals surface area (Å²) < 4.78 is 43.9. The minimum Gasteiger partial charge on any atom is -0.603 e. The van der Waals surface area contributed by atoms with Crippen molar-refractivity contribution in [2.24, 2.45) is 0 Å². The molecule has 0 rings (SSSR count). The first-order chi connectivity index (χ1) is 7.28. The van der Waals surface area contributed by atoms with E-state index in [1.54, 1.807) is 13.8 Å². The van der Waals surface area contributed by atoms with Crippen molar-refractivity contribution in [3.05, 3.63) is 5.21 Å². The number of rotatable bonds is 8. The Morgan fingerprint density at radius 1 is 0.875 bits per heavy atom. The summed E-state index contributed by atoms with van der Waals surface area (Å²) in [6, 6.07) is 0. The molecule has 0 bridgehead atoms. The highest BCUT2D eigenvalue weighted by molar-refractivity contribution is 7.96. The molecule has 0 spiro atoms. The van der Waals surface area contributed by atoms with Crippen molar-refractivity contribution in [1.82, 2.24) is 0 Å². The molecule has 0 aliphatic rings. The van der Waals surface area contributed by atoms with Crippen molar-refractivity contribution in [3.8, 4) is 0 Å². The van der Waals surface area contributed by atoms with E-state index in [-0.39, 0.29) is 11.5 Å². The minimum absolute atomic E-state index is 0.303. The van der Waals surface area contributed by atoms with Gasteiger partial charge in [0.2, 0.25) is 0 Å². The van der Waals surface area contributed by atoms with E-state index in [0.29, 0.717) is 25.7 Å². The highest BCUT2D eigenvalue weighted by Gasteiger charge is 2.29. The quantitative estimate of drug-likeness (QED) is 0.609. The number of quaternary nitrogens is 1. The molecule has 1 N–H and O–H groups in total. The Morgan fingerprint density at radius 3 is 1.44 bits per heavy atom. The normalized spacial score (nSPS) is 13.2. The fourth-order valence-electron chi connectivity index (χ4n) is 1.03. The van der Waals surface area contributed by atoms with Crippen molar-refractivity contribution in [2.45, 2.75) is 39.5 Å². The number of hydrogen-bond donors (Lipinski definition) is 1. The number of nitrogens with one attached hydrogen (secondary N) is 1. The van der Waals surface area contributed by atoms with Crippen LogP contribution in [0, 0.1) is 5.21 Å². The van der Waals surface area contributed by atoms with Crippen LogP contribution in [-0.4, -0.2) is 28.3 Å². The molecule has 8 heteroatoms. The lowest BCUT2D eigenvalue weighted by molar-refractivity contribution is -0.548. The van der Waals surface area contributed by atoms with Gasteiger partial charge in [-0.1, -0.05) is 26.7 Å². The lowest BCUT2D eigenvalue weighted by Crippen LogP contribution is -3.11. The molecule has 0 fully saturated rings. The summed E-state index contributed by atoms with van der Waals surface area (Å²) in [7, 11) is -8.27. The molecule has 0 amide bonds. The Hall–Kier alpha value is -0.180. The Kier molecular flexibility index (Phi) is 6.46. The van der Waals surface area contributed by atoms with Crippen LogP contribution in [0.3, 0.4) is 0 Å². The van der Waals surface area contributed by atoms with Crippen molar-refractivity contribution in [2.75, 3.05) is 11.5 Å². The van der Waals surface area contributed by atoms with Crippen LogP contribution in [-0.2, 0) is 20.0 Å². The van der Waals surface area contributed by atoms with Crippen LogP contribution < -0.4 is 3.87 Å². The van der Waals surface area contributed by atoms with Gasteiger partial charge < -0.3 is 5.21 Å². The molecule has 0 aliphatic carbocycles. The van der Waals surface area contributed by atoms with Gasteiger partial charge in [0.05, 0.1) is 0 Å². The molecule has 0 aromatic carbocycles. The smallest absolute Gasteiger partial charge is 0.309 e. The summed E-state index contributed by atoms with van der Waals surface area (Å²) >= 11 is 0. The Bertz CT molecular complexity index is 349. The van der Waals surface area contributed by atoms with Gasteiger partial charge in [-0.2, -0.15) is 20.7 Å². The molecular weight excluding hydrogens is 254 g/mol. The van der Waals surface area contributed by atoms with E-state index in [1.165, 1.54) is 0 Å². The molecule has 0 radical (unpaired) electrons. The van der Waals surface area contributed by atoms with Gasteiger partial charge in [-0.25, -0.2) is 0 Å². The Balaban J connectivity index is 4.71. The fraction of sp³-hybridized carbons (Fsp3) is 1.00. The van der Waals surface area contributed by atoms with Gasteiger partial charge >= 0.3 is 20.0 Å². The van der Waals surface area contributed by atoms with Crippen LogP contribution in [0.25, 0.3) is 0 Å². The molecule has 0 aliphatic heterocycles. The van der Waals surface area contributed by atoms with Crippen molar-refractivity contribution >= 4 is 20.0 Å². The second-order valence-electron chi connectivity index (χ2n) is 3.59. The molecule has 0 saturated heterocycles. The maximum absolute atomic E-state index is 11.4. The standard InChI is InChI=1S/C8H19NO5S2/c1-3-5-7-15(11,12)9(10)16(13,14)8-6-4-2/h9H,3-8H2,1-2H3. The summed E-state index contributed by atoms with van der Waals surface area (Å²) in [5.41, 5.74) is 0. The molecule has 16 heavy (non-hydrogen) atoms. The summed E-state index contributed by atoms with van der Waals surface area (Å²) in [6.07, 6.45) is 1.80. The first-order valence-corrected chi connectivity index (χ1v) is 8.58. The van der Waals surface area contributed by atoms with E-state index in [4.69, 9.17) is 0 Å². The zero-order chi connectivity index (χ0) is 12.8. The van der Waals surface area contributed by atoms with Crippen LogP contribution in [0.4, 0.5) is 0 Å². The van der Waals surface area contributed by atoms with Crippen LogP contribution in [0.1, 0.15) is 39.5 Å². The van der Waals surface area contributed by atoms with Gasteiger partial charge in [0.1, 0.15) is 11.5 Å². The van der Waals surface area contributed by atoms with E-state index < -0.39 is 23.9 Å². The van der Waals surface area contributed by atoms with Gasteiger partial charge in [-0.05, 0) is 12.8 Å². The molecule has 0 atom stereocenters. The molecular formula is C8H19NO5S2. The van der Waals surface area contributed by atoms with Crippen LogP contribution in [0.2, 0.25) is 0 Å². The summed E-state index contributed by atoms with van der Waals surface area (Å²) in [5.74, 6) is -0.763. The zero-order valence-corrected chi connectivity index (χ0v) is 11.2. The maximum Gasteiger partial charge on any atom is 0.309 e. The maximum atomic E-state index is 11.4. The van der Waals surface area contributed by atoms with Crippen LogP contribution >= 0.6 is 0 Å². The number of sulfonamides is 2. The van der Waals surface area contributed by atoms with Crippen molar-refractivity contribution in [3.63, 3.8) is 0 Å². The summed E-state index contributed by atoms with van der Waals surface area (Å²) in [5, 5.41) is 11.3. The van der Waals surface area contributed by atoms with Crippen molar-refractivity contribution in [1.29, 1.82) is 0 Å². The van der Waals surface area contributed by atoms with Gasteiger partial charge in [0.15, 0.2) is 0 Å². The molecule has 0 aromatic rings. The largest absolute Gasteiger partial charge is 0.603 e.